The molecule has 0 spiro atoms. The van der Waals surface area contributed by atoms with Crippen LogP contribution >= 0.6 is 0 Å². The maximum atomic E-state index is 13.0. The zero-order valence-electron chi connectivity index (χ0n) is 12.3. The Labute approximate surface area is 124 Å². The van der Waals surface area contributed by atoms with E-state index in [2.05, 4.69) is 5.32 Å². The molecular formula is C15H23F2NO3. The zero-order valence-corrected chi connectivity index (χ0v) is 12.3. The Morgan fingerprint density at radius 3 is 2.67 bits per heavy atom. The molecule has 1 unspecified atom stereocenters. The lowest BCUT2D eigenvalue weighted by atomic mass is 10.1. The van der Waals surface area contributed by atoms with Crippen LogP contribution in [0, 0.1) is 11.6 Å². The third kappa shape index (κ3) is 7.47. The van der Waals surface area contributed by atoms with Crippen molar-refractivity contribution in [3.8, 4) is 0 Å². The summed E-state index contributed by atoms with van der Waals surface area (Å²) in [6.07, 6.45) is 0.980. The van der Waals surface area contributed by atoms with Crippen LogP contribution in [0.15, 0.2) is 18.2 Å². The molecule has 0 aromatic heterocycles. The highest BCUT2D eigenvalue weighted by molar-refractivity contribution is 5.20. The van der Waals surface area contributed by atoms with E-state index in [-0.39, 0.29) is 0 Å². The van der Waals surface area contributed by atoms with E-state index in [9.17, 15) is 13.9 Å². The molecule has 0 heterocycles. The van der Waals surface area contributed by atoms with Crippen molar-refractivity contribution in [1.29, 1.82) is 0 Å². The lowest BCUT2D eigenvalue weighted by Gasteiger charge is -2.12. The van der Waals surface area contributed by atoms with Crippen molar-refractivity contribution in [2.45, 2.75) is 18.9 Å². The second-order valence-electron chi connectivity index (χ2n) is 4.71. The quantitative estimate of drug-likeness (QED) is 0.614. The first-order chi connectivity index (χ1) is 10.1. The van der Waals surface area contributed by atoms with E-state index in [0.29, 0.717) is 31.9 Å². The molecule has 0 saturated carbocycles. The number of hydrogen-bond donors (Lipinski definition) is 2. The zero-order chi connectivity index (χ0) is 15.5. The minimum atomic E-state index is -0.945. The predicted molar refractivity (Wildman–Crippen MR) is 76.1 cm³/mol. The van der Waals surface area contributed by atoms with Crippen LogP contribution in [0.3, 0.4) is 0 Å². The van der Waals surface area contributed by atoms with Gasteiger partial charge in [0.15, 0.2) is 11.6 Å². The van der Waals surface area contributed by atoms with Gasteiger partial charge in [-0.2, -0.15) is 0 Å². The van der Waals surface area contributed by atoms with E-state index < -0.39 is 17.7 Å². The summed E-state index contributed by atoms with van der Waals surface area (Å²) >= 11 is 0. The highest BCUT2D eigenvalue weighted by Gasteiger charge is 2.10. The van der Waals surface area contributed by atoms with Gasteiger partial charge < -0.3 is 19.9 Å². The molecule has 0 aliphatic heterocycles. The molecule has 0 radical (unpaired) electrons. The second-order valence-corrected chi connectivity index (χ2v) is 4.71. The maximum Gasteiger partial charge on any atom is 0.159 e. The largest absolute Gasteiger partial charge is 0.387 e. The Bertz CT molecular complexity index is 405. The molecule has 1 rings (SSSR count). The summed E-state index contributed by atoms with van der Waals surface area (Å²) in [6, 6.07) is 3.42. The van der Waals surface area contributed by atoms with Crippen molar-refractivity contribution in [2.75, 3.05) is 40.0 Å². The third-order valence-electron chi connectivity index (χ3n) is 2.99. The maximum absolute atomic E-state index is 13.0. The van der Waals surface area contributed by atoms with Crippen molar-refractivity contribution in [3.05, 3.63) is 35.4 Å². The number of halogens is 2. The minimum absolute atomic E-state index is 0.301. The molecule has 21 heavy (non-hydrogen) atoms. The predicted octanol–water partition coefficient (Wildman–Crippen LogP) is 2.03. The smallest absolute Gasteiger partial charge is 0.159 e. The van der Waals surface area contributed by atoms with Gasteiger partial charge in [0, 0.05) is 20.3 Å². The number of nitrogens with one attached hydrogen (secondary N) is 1. The summed E-state index contributed by atoms with van der Waals surface area (Å²) in [6.45, 7) is 2.90. The van der Waals surface area contributed by atoms with Gasteiger partial charge >= 0.3 is 0 Å². The highest BCUT2D eigenvalue weighted by Crippen LogP contribution is 2.15. The van der Waals surface area contributed by atoms with Crippen LogP contribution in [0.5, 0.6) is 0 Å². The van der Waals surface area contributed by atoms with E-state index in [4.69, 9.17) is 9.47 Å². The van der Waals surface area contributed by atoms with Gasteiger partial charge in [-0.1, -0.05) is 6.07 Å². The lowest BCUT2D eigenvalue weighted by molar-refractivity contribution is 0.0687. The molecule has 1 aromatic rings. The van der Waals surface area contributed by atoms with E-state index >= 15 is 0 Å². The Kier molecular flexibility index (Phi) is 9.09. The molecule has 0 fully saturated rings. The molecule has 2 N–H and O–H groups in total. The molecule has 0 saturated heterocycles. The van der Waals surface area contributed by atoms with Crippen LogP contribution in [0.25, 0.3) is 0 Å². The van der Waals surface area contributed by atoms with Crippen LogP contribution in [-0.4, -0.2) is 45.1 Å². The van der Waals surface area contributed by atoms with E-state index in [1.807, 2.05) is 0 Å². The fourth-order valence-electron chi connectivity index (χ4n) is 1.77. The third-order valence-corrected chi connectivity index (χ3v) is 2.99. The van der Waals surface area contributed by atoms with Gasteiger partial charge in [-0.3, -0.25) is 0 Å². The standard InChI is InChI=1S/C15H23F2NO3/c1-20-8-9-21-7-3-2-6-18-11-15(19)12-4-5-13(16)14(17)10-12/h4-5,10,15,18-19H,2-3,6-9,11H2,1H3. The lowest BCUT2D eigenvalue weighted by Crippen LogP contribution is -2.23. The van der Waals surface area contributed by atoms with Crippen LogP contribution in [-0.2, 0) is 9.47 Å². The summed E-state index contributed by atoms with van der Waals surface area (Å²) < 4.78 is 36.0. The highest BCUT2D eigenvalue weighted by atomic mass is 19.2. The number of benzene rings is 1. The van der Waals surface area contributed by atoms with Crippen LogP contribution in [0.2, 0.25) is 0 Å². The monoisotopic (exact) mass is 303 g/mol. The molecule has 120 valence electrons. The number of methoxy groups -OCH3 is 1. The van der Waals surface area contributed by atoms with Gasteiger partial charge in [-0.25, -0.2) is 8.78 Å². The summed E-state index contributed by atoms with van der Waals surface area (Å²) in [7, 11) is 1.63. The van der Waals surface area contributed by atoms with Crippen LogP contribution < -0.4 is 5.32 Å². The van der Waals surface area contributed by atoms with Gasteiger partial charge in [0.1, 0.15) is 0 Å². The Balaban J connectivity index is 2.08. The Morgan fingerprint density at radius 1 is 1.14 bits per heavy atom. The van der Waals surface area contributed by atoms with Gasteiger partial charge in [-0.05, 0) is 37.1 Å². The van der Waals surface area contributed by atoms with Crippen LogP contribution in [0.4, 0.5) is 8.78 Å². The molecule has 1 aromatic carbocycles. The first kappa shape index (κ1) is 18.0. The molecule has 0 amide bonds. The molecule has 4 nitrogen and oxygen atoms in total. The Hall–Kier alpha value is -1.08. The molecule has 0 aliphatic carbocycles. The average molecular weight is 303 g/mol. The van der Waals surface area contributed by atoms with Crippen LogP contribution in [0.1, 0.15) is 24.5 Å². The first-order valence-corrected chi connectivity index (χ1v) is 7.05. The number of hydrogen-bond acceptors (Lipinski definition) is 4. The van der Waals surface area contributed by atoms with E-state index in [1.165, 1.54) is 6.07 Å². The number of rotatable bonds is 11. The number of ether oxygens (including phenoxy) is 2. The molecule has 1 atom stereocenters. The number of aliphatic hydroxyl groups excluding tert-OH is 1. The number of unbranched alkanes of at least 4 members (excludes halogenated alkanes) is 1. The summed E-state index contributed by atoms with van der Waals surface area (Å²) in [5.74, 6) is -1.85. The van der Waals surface area contributed by atoms with Gasteiger partial charge in [0.25, 0.3) is 0 Å². The summed E-state index contributed by atoms with van der Waals surface area (Å²) in [5.41, 5.74) is 0.365. The van der Waals surface area contributed by atoms with Crippen molar-refractivity contribution < 1.29 is 23.4 Å². The van der Waals surface area contributed by atoms with Gasteiger partial charge in [-0.15, -0.1) is 0 Å². The first-order valence-electron chi connectivity index (χ1n) is 7.05. The van der Waals surface area contributed by atoms with Gasteiger partial charge in [0.05, 0.1) is 19.3 Å². The summed E-state index contributed by atoms with van der Waals surface area (Å²) in [5, 5.41) is 12.9. The second kappa shape index (κ2) is 10.6. The van der Waals surface area contributed by atoms with Crippen molar-refractivity contribution in [2.24, 2.45) is 0 Å². The fraction of sp³-hybridized carbons (Fsp3) is 0.600. The minimum Gasteiger partial charge on any atom is -0.387 e. The normalized spacial score (nSPS) is 12.6. The summed E-state index contributed by atoms with van der Waals surface area (Å²) in [4.78, 5) is 0. The molecule has 0 aliphatic rings. The topological polar surface area (TPSA) is 50.7 Å². The molecule has 0 bridgehead atoms. The van der Waals surface area contributed by atoms with Crippen molar-refractivity contribution in [1.82, 2.24) is 5.32 Å². The average Bonchev–Trinajstić information content (AvgIpc) is 2.48. The van der Waals surface area contributed by atoms with E-state index in [1.54, 1.807) is 7.11 Å². The van der Waals surface area contributed by atoms with Crippen molar-refractivity contribution >= 4 is 0 Å². The molecule has 6 heteroatoms. The van der Waals surface area contributed by atoms with Crippen molar-refractivity contribution in [3.63, 3.8) is 0 Å². The van der Waals surface area contributed by atoms with Gasteiger partial charge in [0.2, 0.25) is 0 Å². The fourth-order valence-corrected chi connectivity index (χ4v) is 1.77. The van der Waals surface area contributed by atoms with E-state index in [0.717, 1.165) is 31.5 Å². The molecular weight excluding hydrogens is 280 g/mol. The SMILES string of the molecule is COCCOCCCCNCC(O)c1ccc(F)c(F)c1. The number of aliphatic hydroxyl groups is 1. The Morgan fingerprint density at radius 2 is 1.95 bits per heavy atom.